The van der Waals surface area contributed by atoms with Gasteiger partial charge < -0.3 is 14.3 Å². The monoisotopic (exact) mass is 188 g/mol. The molecule has 78 valence electrons. The third kappa shape index (κ3) is 6.72. The Bertz CT molecular complexity index is 119. The first-order valence-corrected chi connectivity index (χ1v) is 4.91. The van der Waals surface area contributed by atoms with Crippen LogP contribution in [0.1, 0.15) is 33.6 Å². The quantitative estimate of drug-likeness (QED) is 0.431. The lowest BCUT2D eigenvalue weighted by atomic mass is 10.1. The molecule has 0 aromatic heterocycles. The van der Waals surface area contributed by atoms with E-state index in [-0.39, 0.29) is 6.29 Å². The van der Waals surface area contributed by atoms with E-state index in [1.54, 1.807) is 0 Å². The Morgan fingerprint density at radius 1 is 1.23 bits per heavy atom. The van der Waals surface area contributed by atoms with Crippen molar-refractivity contribution in [2.24, 2.45) is 5.92 Å². The zero-order valence-electron chi connectivity index (χ0n) is 8.79. The summed E-state index contributed by atoms with van der Waals surface area (Å²) in [6.45, 7) is 7.21. The molecule has 0 aromatic carbocycles. The molecule has 0 spiro atoms. The molecule has 1 atom stereocenters. The summed E-state index contributed by atoms with van der Waals surface area (Å²) in [4.78, 5) is 10.2. The minimum atomic E-state index is -0.148. The maximum absolute atomic E-state index is 10.2. The van der Waals surface area contributed by atoms with Gasteiger partial charge in [-0.25, -0.2) is 0 Å². The Kier molecular flexibility index (Phi) is 7.94. The van der Waals surface area contributed by atoms with Crippen molar-refractivity contribution in [3.8, 4) is 0 Å². The highest BCUT2D eigenvalue weighted by molar-refractivity contribution is 5.49. The van der Waals surface area contributed by atoms with Gasteiger partial charge in [-0.05, 0) is 19.8 Å². The van der Waals surface area contributed by atoms with Gasteiger partial charge in [0.25, 0.3) is 0 Å². The summed E-state index contributed by atoms with van der Waals surface area (Å²) in [6.07, 6.45) is 2.17. The third-order valence-electron chi connectivity index (χ3n) is 1.80. The van der Waals surface area contributed by atoms with Gasteiger partial charge in [-0.3, -0.25) is 0 Å². The fourth-order valence-corrected chi connectivity index (χ4v) is 1.15. The van der Waals surface area contributed by atoms with Crippen molar-refractivity contribution in [2.45, 2.75) is 39.9 Å². The highest BCUT2D eigenvalue weighted by atomic mass is 16.7. The SMILES string of the molecule is CCOC(CC(C)CC=O)OCC. The van der Waals surface area contributed by atoms with Crippen molar-refractivity contribution in [3.05, 3.63) is 0 Å². The molecule has 0 saturated heterocycles. The number of aldehydes is 1. The van der Waals surface area contributed by atoms with E-state index in [9.17, 15) is 4.79 Å². The van der Waals surface area contributed by atoms with Crippen LogP contribution < -0.4 is 0 Å². The van der Waals surface area contributed by atoms with Crippen molar-refractivity contribution in [2.75, 3.05) is 13.2 Å². The number of carbonyl (C=O) groups excluding carboxylic acids is 1. The van der Waals surface area contributed by atoms with Crippen molar-refractivity contribution in [3.63, 3.8) is 0 Å². The Balaban J connectivity index is 3.70. The molecule has 1 unspecified atom stereocenters. The molecule has 0 fully saturated rings. The summed E-state index contributed by atoms with van der Waals surface area (Å²) in [5.74, 6) is 0.334. The molecule has 0 aliphatic rings. The first-order valence-electron chi connectivity index (χ1n) is 4.91. The normalized spacial score (nSPS) is 13.2. The van der Waals surface area contributed by atoms with Gasteiger partial charge in [0.2, 0.25) is 0 Å². The summed E-state index contributed by atoms with van der Waals surface area (Å²) >= 11 is 0. The number of hydrogen-bond donors (Lipinski definition) is 0. The zero-order chi connectivity index (χ0) is 10.1. The molecule has 3 heteroatoms. The van der Waals surface area contributed by atoms with Gasteiger partial charge in [-0.2, -0.15) is 0 Å². The molecule has 13 heavy (non-hydrogen) atoms. The van der Waals surface area contributed by atoms with Crippen LogP contribution in [0.2, 0.25) is 0 Å². The van der Waals surface area contributed by atoms with Crippen LogP contribution in [-0.2, 0) is 14.3 Å². The molecular formula is C10H20O3. The van der Waals surface area contributed by atoms with E-state index in [1.165, 1.54) is 0 Å². The van der Waals surface area contributed by atoms with Crippen molar-refractivity contribution >= 4 is 6.29 Å². The minimum Gasteiger partial charge on any atom is -0.353 e. The Labute approximate surface area is 80.4 Å². The molecule has 0 amide bonds. The molecule has 0 aliphatic heterocycles. The first kappa shape index (κ1) is 12.6. The number of ether oxygens (including phenoxy) is 2. The molecule has 0 aliphatic carbocycles. The van der Waals surface area contributed by atoms with Gasteiger partial charge in [0.15, 0.2) is 6.29 Å². The predicted molar refractivity (Wildman–Crippen MR) is 51.5 cm³/mol. The topological polar surface area (TPSA) is 35.5 Å². The second-order valence-corrected chi connectivity index (χ2v) is 3.08. The number of rotatable bonds is 8. The van der Waals surface area contributed by atoms with Crippen molar-refractivity contribution < 1.29 is 14.3 Å². The van der Waals surface area contributed by atoms with Gasteiger partial charge in [0.05, 0.1) is 0 Å². The molecular weight excluding hydrogens is 168 g/mol. The molecule has 0 heterocycles. The molecule has 0 bridgehead atoms. The molecule has 3 nitrogen and oxygen atoms in total. The highest BCUT2D eigenvalue weighted by Gasteiger charge is 2.12. The number of carbonyl (C=O) groups is 1. The highest BCUT2D eigenvalue weighted by Crippen LogP contribution is 2.12. The van der Waals surface area contributed by atoms with Crippen LogP contribution in [0.25, 0.3) is 0 Å². The lowest BCUT2D eigenvalue weighted by Gasteiger charge is -2.19. The maximum Gasteiger partial charge on any atom is 0.157 e. The van der Waals surface area contributed by atoms with Crippen LogP contribution in [-0.4, -0.2) is 25.8 Å². The minimum absolute atomic E-state index is 0.148. The van der Waals surface area contributed by atoms with E-state index in [2.05, 4.69) is 0 Å². The van der Waals surface area contributed by atoms with Crippen LogP contribution in [0.4, 0.5) is 0 Å². The van der Waals surface area contributed by atoms with E-state index in [0.717, 1.165) is 12.7 Å². The summed E-state index contributed by atoms with van der Waals surface area (Å²) in [7, 11) is 0. The Morgan fingerprint density at radius 3 is 2.15 bits per heavy atom. The summed E-state index contributed by atoms with van der Waals surface area (Å²) in [6, 6.07) is 0. The van der Waals surface area contributed by atoms with Gasteiger partial charge in [-0.1, -0.05) is 6.92 Å². The van der Waals surface area contributed by atoms with E-state index in [4.69, 9.17) is 9.47 Å². The average molecular weight is 188 g/mol. The largest absolute Gasteiger partial charge is 0.353 e. The molecule has 0 rings (SSSR count). The van der Waals surface area contributed by atoms with Crippen LogP contribution in [0, 0.1) is 5.92 Å². The lowest BCUT2D eigenvalue weighted by Crippen LogP contribution is -2.20. The smallest absolute Gasteiger partial charge is 0.157 e. The van der Waals surface area contributed by atoms with Crippen LogP contribution in [0.5, 0.6) is 0 Å². The van der Waals surface area contributed by atoms with Crippen LogP contribution >= 0.6 is 0 Å². The maximum atomic E-state index is 10.2. The van der Waals surface area contributed by atoms with Gasteiger partial charge >= 0.3 is 0 Å². The van der Waals surface area contributed by atoms with E-state index in [1.807, 2.05) is 20.8 Å². The van der Waals surface area contributed by atoms with Gasteiger partial charge in [0, 0.05) is 26.1 Å². The summed E-state index contributed by atoms with van der Waals surface area (Å²) in [5.41, 5.74) is 0. The summed E-state index contributed by atoms with van der Waals surface area (Å²) < 4.78 is 10.7. The van der Waals surface area contributed by atoms with Crippen molar-refractivity contribution in [1.29, 1.82) is 0 Å². The molecule has 0 N–H and O–H groups in total. The first-order chi connectivity index (χ1) is 6.24. The van der Waals surface area contributed by atoms with E-state index in [0.29, 0.717) is 25.6 Å². The lowest BCUT2D eigenvalue weighted by molar-refractivity contribution is -0.145. The molecule has 0 aromatic rings. The second-order valence-electron chi connectivity index (χ2n) is 3.08. The van der Waals surface area contributed by atoms with Crippen LogP contribution in [0.15, 0.2) is 0 Å². The van der Waals surface area contributed by atoms with E-state index < -0.39 is 0 Å². The Hall–Kier alpha value is -0.410. The molecule has 0 saturated carbocycles. The van der Waals surface area contributed by atoms with Crippen LogP contribution in [0.3, 0.4) is 0 Å². The standard InChI is InChI=1S/C10H20O3/c1-4-12-10(13-5-2)8-9(3)6-7-11/h7,9-10H,4-6,8H2,1-3H3. The zero-order valence-corrected chi connectivity index (χ0v) is 8.79. The fourth-order valence-electron chi connectivity index (χ4n) is 1.15. The molecule has 0 radical (unpaired) electrons. The fraction of sp³-hybridized carbons (Fsp3) is 0.900. The predicted octanol–water partition coefficient (Wildman–Crippen LogP) is 2.00. The number of hydrogen-bond acceptors (Lipinski definition) is 3. The van der Waals surface area contributed by atoms with Gasteiger partial charge in [0.1, 0.15) is 6.29 Å². The summed E-state index contributed by atoms with van der Waals surface area (Å²) in [5, 5.41) is 0. The average Bonchev–Trinajstić information content (AvgIpc) is 2.05. The van der Waals surface area contributed by atoms with Crippen molar-refractivity contribution in [1.82, 2.24) is 0 Å². The van der Waals surface area contributed by atoms with Gasteiger partial charge in [-0.15, -0.1) is 0 Å². The second kappa shape index (κ2) is 8.20. The third-order valence-corrected chi connectivity index (χ3v) is 1.80. The Morgan fingerprint density at radius 2 is 1.77 bits per heavy atom. The van der Waals surface area contributed by atoms with E-state index >= 15 is 0 Å².